The average Bonchev–Trinajstić information content (AvgIpc) is 3.84. The zero-order valence-corrected chi connectivity index (χ0v) is 28.6. The van der Waals surface area contributed by atoms with Crippen molar-refractivity contribution in [2.45, 2.75) is 50.9 Å². The maximum Gasteiger partial charge on any atom is 0.220 e. The maximum atomic E-state index is 11.5. The lowest BCUT2D eigenvalue weighted by Gasteiger charge is -2.15. The minimum absolute atomic E-state index is 0.102. The molecule has 2 atom stereocenters. The second-order valence-corrected chi connectivity index (χ2v) is 13.2. The third-order valence-electron chi connectivity index (χ3n) is 9.09. The summed E-state index contributed by atoms with van der Waals surface area (Å²) in [4.78, 5) is 32.6. The smallest absolute Gasteiger partial charge is 0.220 e. The Labute approximate surface area is 294 Å². The monoisotopic (exact) mass is 697 g/mol. The van der Waals surface area contributed by atoms with Crippen LogP contribution in [-0.4, -0.2) is 58.5 Å². The maximum absolute atomic E-state index is 11.5. The van der Waals surface area contributed by atoms with Gasteiger partial charge in [0, 0.05) is 91.3 Å². The zero-order valence-electron chi connectivity index (χ0n) is 27.1. The summed E-state index contributed by atoms with van der Waals surface area (Å²) < 4.78 is 7.65. The van der Waals surface area contributed by atoms with Gasteiger partial charge < -0.3 is 30.4 Å². The quantitative estimate of drug-likeness (QED) is 0.130. The van der Waals surface area contributed by atoms with E-state index in [-0.39, 0.29) is 23.9 Å². The number of fused-ring (bicyclic) bond motifs is 1. The van der Waals surface area contributed by atoms with Gasteiger partial charge in [0.2, 0.25) is 17.7 Å². The van der Waals surface area contributed by atoms with Crippen LogP contribution in [0.15, 0.2) is 73.1 Å². The van der Waals surface area contributed by atoms with Crippen LogP contribution in [0.25, 0.3) is 39.2 Å². The highest BCUT2D eigenvalue weighted by molar-refractivity contribution is 6.39. The molecule has 2 aliphatic heterocycles. The van der Waals surface area contributed by atoms with Crippen molar-refractivity contribution >= 4 is 40.7 Å². The van der Waals surface area contributed by atoms with Gasteiger partial charge in [-0.2, -0.15) is 0 Å². The molecular weight excluding hydrogens is 661 g/mol. The number of rotatable bonds is 12. The van der Waals surface area contributed by atoms with Crippen molar-refractivity contribution in [1.82, 2.24) is 35.6 Å². The van der Waals surface area contributed by atoms with E-state index >= 15 is 0 Å². The summed E-state index contributed by atoms with van der Waals surface area (Å²) in [6.07, 6.45) is 6.86. The Kier molecular flexibility index (Phi) is 9.81. The Morgan fingerprint density at radius 1 is 0.816 bits per heavy atom. The van der Waals surface area contributed by atoms with Gasteiger partial charge in [0.05, 0.1) is 28.5 Å². The number of nitrogens with one attached hydrogen (secondary N) is 4. The highest BCUT2D eigenvalue weighted by atomic mass is 35.5. The van der Waals surface area contributed by atoms with E-state index in [1.807, 2.05) is 77.5 Å². The lowest BCUT2D eigenvalue weighted by molar-refractivity contribution is -0.120. The van der Waals surface area contributed by atoms with Crippen molar-refractivity contribution in [2.24, 2.45) is 0 Å². The van der Waals surface area contributed by atoms with Gasteiger partial charge >= 0.3 is 0 Å². The van der Waals surface area contributed by atoms with E-state index in [2.05, 4.69) is 21.3 Å². The van der Waals surface area contributed by atoms with E-state index in [1.165, 1.54) is 0 Å². The minimum atomic E-state index is 0.102. The molecule has 2 aromatic carbocycles. The lowest BCUT2D eigenvalue weighted by Crippen LogP contribution is -2.35. The van der Waals surface area contributed by atoms with Crippen molar-refractivity contribution in [3.8, 4) is 39.4 Å². The number of amides is 2. The number of hydrogen-bond donors (Lipinski definition) is 4. The van der Waals surface area contributed by atoms with Crippen LogP contribution in [0.4, 0.5) is 0 Å². The summed E-state index contributed by atoms with van der Waals surface area (Å²) in [6, 6.07) is 20.1. The van der Waals surface area contributed by atoms with Crippen molar-refractivity contribution in [2.75, 3.05) is 20.2 Å². The summed E-state index contributed by atoms with van der Waals surface area (Å²) in [5, 5.41) is 13.9. The standard InChI is InChI=1S/C37H37Cl2N7O3/c1-49-37-23(17-40-18-24-9-12-33(47)43-24)8-11-31(45-37)30-7-3-6-29(36(30)39)28-5-2-4-27(35(28)38)22-14-15-46-21-26(42-32(46)16-22)20-41-19-25-10-13-34(48)44-25/h2-8,11,14-16,21,24-25,40-41H,9-10,12-13,17-20H2,1H3,(H,43,47)(H,44,48)/t24-,25+/m1/s1. The molecule has 7 rings (SSSR count). The van der Waals surface area contributed by atoms with Crippen LogP contribution in [0.3, 0.4) is 0 Å². The predicted octanol–water partition coefficient (Wildman–Crippen LogP) is 5.78. The molecule has 2 fully saturated rings. The Morgan fingerprint density at radius 2 is 1.45 bits per heavy atom. The SMILES string of the molecule is COc1nc(-c2cccc(-c3cccc(-c4ccn5cc(CNC[C@@H]6CCC(=O)N6)nc5c4)c3Cl)c2Cl)ccc1CNC[C@H]1CCC(=O)N1. The first-order valence-corrected chi connectivity index (χ1v) is 17.2. The second kappa shape index (κ2) is 14.6. The number of hydrogen-bond acceptors (Lipinski definition) is 7. The number of pyridine rings is 2. The van der Waals surface area contributed by atoms with Gasteiger partial charge in [-0.3, -0.25) is 9.59 Å². The van der Waals surface area contributed by atoms with E-state index in [4.69, 9.17) is 37.9 Å². The topological polar surface area (TPSA) is 122 Å². The van der Waals surface area contributed by atoms with Gasteiger partial charge in [-0.1, -0.05) is 65.7 Å². The molecule has 12 heteroatoms. The summed E-state index contributed by atoms with van der Waals surface area (Å²) >= 11 is 14.2. The molecule has 0 bridgehead atoms. The third-order valence-corrected chi connectivity index (χ3v) is 9.90. The number of halogens is 2. The fourth-order valence-corrected chi connectivity index (χ4v) is 7.20. The van der Waals surface area contributed by atoms with Crippen molar-refractivity contribution in [3.05, 3.63) is 94.4 Å². The Hall–Kier alpha value is -4.48. The van der Waals surface area contributed by atoms with Gasteiger partial charge in [-0.25, -0.2) is 9.97 Å². The summed E-state index contributed by atoms with van der Waals surface area (Å²) in [6.45, 7) is 2.56. The van der Waals surface area contributed by atoms with Crippen LogP contribution in [0.5, 0.6) is 5.88 Å². The number of methoxy groups -OCH3 is 1. The highest BCUT2D eigenvalue weighted by Crippen LogP contribution is 2.42. The zero-order chi connectivity index (χ0) is 33.9. The highest BCUT2D eigenvalue weighted by Gasteiger charge is 2.22. The first kappa shape index (κ1) is 33.0. The molecule has 0 unspecified atom stereocenters. The Morgan fingerprint density at radius 3 is 2.10 bits per heavy atom. The van der Waals surface area contributed by atoms with E-state index in [0.29, 0.717) is 60.6 Å². The molecule has 10 nitrogen and oxygen atoms in total. The van der Waals surface area contributed by atoms with E-state index < -0.39 is 0 Å². The molecule has 2 amide bonds. The number of carbonyl (C=O) groups excluding carboxylic acids is 2. The fourth-order valence-electron chi connectivity index (χ4n) is 6.53. The molecule has 5 aromatic rings. The Balaban J connectivity index is 1.09. The van der Waals surface area contributed by atoms with Gasteiger partial charge in [-0.15, -0.1) is 0 Å². The summed E-state index contributed by atoms with van der Waals surface area (Å²) in [5.74, 6) is 0.731. The molecule has 0 radical (unpaired) electrons. The molecule has 0 saturated carbocycles. The first-order valence-electron chi connectivity index (χ1n) is 16.5. The van der Waals surface area contributed by atoms with Crippen LogP contribution in [-0.2, 0) is 22.7 Å². The number of aromatic nitrogens is 3. The molecule has 0 aliphatic carbocycles. The van der Waals surface area contributed by atoms with E-state index in [0.717, 1.165) is 57.6 Å². The predicted molar refractivity (Wildman–Crippen MR) is 192 cm³/mol. The van der Waals surface area contributed by atoms with Gasteiger partial charge in [0.25, 0.3) is 0 Å². The fraction of sp³-hybridized carbons (Fsp3) is 0.297. The lowest BCUT2D eigenvalue weighted by atomic mass is 9.97. The van der Waals surface area contributed by atoms with Crippen LogP contribution in [0.2, 0.25) is 10.0 Å². The van der Waals surface area contributed by atoms with Crippen molar-refractivity contribution in [3.63, 3.8) is 0 Å². The number of ether oxygens (including phenoxy) is 1. The Bertz CT molecular complexity index is 2030. The summed E-state index contributed by atoms with van der Waals surface area (Å²) in [7, 11) is 1.60. The number of imidazole rings is 1. The second-order valence-electron chi connectivity index (χ2n) is 12.5. The number of nitrogens with zero attached hydrogens (tertiary/aromatic N) is 3. The molecule has 2 aliphatic rings. The van der Waals surface area contributed by atoms with Crippen LogP contribution >= 0.6 is 23.2 Å². The van der Waals surface area contributed by atoms with Crippen molar-refractivity contribution < 1.29 is 14.3 Å². The van der Waals surface area contributed by atoms with E-state index in [9.17, 15) is 9.59 Å². The molecule has 5 heterocycles. The molecular formula is C37H37Cl2N7O3. The normalized spacial score (nSPS) is 17.4. The minimum Gasteiger partial charge on any atom is -0.481 e. The van der Waals surface area contributed by atoms with Gasteiger partial charge in [0.15, 0.2) is 0 Å². The number of benzene rings is 2. The largest absolute Gasteiger partial charge is 0.481 e. The first-order chi connectivity index (χ1) is 23.9. The molecule has 2 saturated heterocycles. The van der Waals surface area contributed by atoms with Crippen LogP contribution in [0.1, 0.15) is 36.9 Å². The molecule has 3 aromatic heterocycles. The van der Waals surface area contributed by atoms with Gasteiger partial charge in [0.1, 0.15) is 5.65 Å². The van der Waals surface area contributed by atoms with Crippen LogP contribution < -0.4 is 26.0 Å². The average molecular weight is 699 g/mol. The third kappa shape index (κ3) is 7.28. The molecule has 49 heavy (non-hydrogen) atoms. The van der Waals surface area contributed by atoms with Gasteiger partial charge in [-0.05, 0) is 36.6 Å². The van der Waals surface area contributed by atoms with Crippen LogP contribution in [0, 0.1) is 0 Å². The molecule has 0 spiro atoms. The van der Waals surface area contributed by atoms with E-state index in [1.54, 1.807) is 7.11 Å². The molecule has 252 valence electrons. The number of carbonyl (C=O) groups is 2. The summed E-state index contributed by atoms with van der Waals surface area (Å²) in [5.41, 5.74) is 7.51. The molecule has 4 N–H and O–H groups in total. The van der Waals surface area contributed by atoms with Crippen molar-refractivity contribution in [1.29, 1.82) is 0 Å².